The van der Waals surface area contributed by atoms with E-state index in [4.69, 9.17) is 16.3 Å². The summed E-state index contributed by atoms with van der Waals surface area (Å²) in [6, 6.07) is 10.6. The second-order valence-electron chi connectivity index (χ2n) is 2.91. The summed E-state index contributed by atoms with van der Waals surface area (Å²) in [6.45, 7) is 4.00. The molecule has 0 bridgehead atoms. The summed E-state index contributed by atoms with van der Waals surface area (Å²) in [7, 11) is 0. The smallest absolute Gasteiger partial charge is 0.322 e. The molecule has 4 nitrogen and oxygen atoms in total. The highest BCUT2D eigenvalue weighted by Crippen LogP contribution is 2.16. The highest BCUT2D eigenvalue weighted by atomic mass is 35.5. The molecule has 0 unspecified atom stereocenters. The molecule has 1 aromatic heterocycles. The molecule has 2 aromatic rings. The van der Waals surface area contributed by atoms with Crippen molar-refractivity contribution in [3.05, 3.63) is 48.3 Å². The maximum atomic E-state index is 10.9. The summed E-state index contributed by atoms with van der Waals surface area (Å²) in [6.07, 6.45) is 1.42. The summed E-state index contributed by atoms with van der Waals surface area (Å²) in [5.41, 5.74) is 0.114. The Hall–Kier alpha value is -1.94. The zero-order valence-electron chi connectivity index (χ0n) is 10.1. The molecule has 1 heterocycles. The maximum absolute atomic E-state index is 10.9. The van der Waals surface area contributed by atoms with Crippen molar-refractivity contribution in [2.24, 2.45) is 0 Å². The second-order valence-corrected chi connectivity index (χ2v) is 3.26. The number of halogens is 1. The molecule has 0 saturated carbocycles. The predicted octanol–water partition coefficient (Wildman–Crippen LogP) is 3.67. The van der Waals surface area contributed by atoms with Gasteiger partial charge in [-0.15, -0.1) is 0 Å². The Bertz CT molecular complexity index is 503. The zero-order valence-corrected chi connectivity index (χ0v) is 10.9. The molecule has 0 aliphatic heterocycles. The zero-order chi connectivity index (χ0) is 13.4. The van der Waals surface area contributed by atoms with Crippen LogP contribution in [-0.2, 0) is 0 Å². The van der Waals surface area contributed by atoms with Crippen molar-refractivity contribution in [3.8, 4) is 11.8 Å². The Labute approximate surface area is 111 Å². The topological polar surface area (TPSA) is 52.1 Å². The van der Waals surface area contributed by atoms with E-state index >= 15 is 0 Å². The van der Waals surface area contributed by atoms with Crippen LogP contribution in [0.4, 0.5) is 0 Å². The van der Waals surface area contributed by atoms with E-state index in [1.807, 2.05) is 32.0 Å². The first kappa shape index (κ1) is 14.1. The third-order valence-electron chi connectivity index (χ3n) is 1.79. The number of hydrogen-bond donors (Lipinski definition) is 0. The van der Waals surface area contributed by atoms with E-state index in [1.165, 1.54) is 12.3 Å². The molecule has 94 valence electrons. The molecule has 0 aliphatic rings. The summed E-state index contributed by atoms with van der Waals surface area (Å²) < 4.78 is 5.34. The fourth-order valence-corrected chi connectivity index (χ4v) is 1.20. The van der Waals surface area contributed by atoms with E-state index in [1.54, 1.807) is 12.1 Å². The minimum atomic E-state index is -0.639. The van der Waals surface area contributed by atoms with Crippen LogP contribution in [0.2, 0.25) is 0 Å². The first-order chi connectivity index (χ1) is 8.75. The van der Waals surface area contributed by atoms with Crippen LogP contribution in [0, 0.1) is 0 Å². The molecule has 0 atom stereocenters. The number of carbonyl (C=O) groups is 1. The van der Waals surface area contributed by atoms with Gasteiger partial charge in [0.1, 0.15) is 11.4 Å². The lowest BCUT2D eigenvalue weighted by molar-refractivity contribution is 0.107. The van der Waals surface area contributed by atoms with Crippen molar-refractivity contribution in [2.75, 3.05) is 0 Å². The molecule has 0 saturated heterocycles. The average molecular weight is 265 g/mol. The average Bonchev–Trinajstić information content (AvgIpc) is 2.42. The molecule has 18 heavy (non-hydrogen) atoms. The van der Waals surface area contributed by atoms with Crippen LogP contribution in [0.5, 0.6) is 11.8 Å². The molecule has 2 rings (SSSR count). The number of hydrogen-bond acceptors (Lipinski definition) is 4. The Morgan fingerprint density at radius 1 is 1.17 bits per heavy atom. The van der Waals surface area contributed by atoms with Crippen LogP contribution in [0.25, 0.3) is 0 Å². The second kappa shape index (κ2) is 7.40. The van der Waals surface area contributed by atoms with Crippen LogP contribution >= 0.6 is 11.6 Å². The van der Waals surface area contributed by atoms with Crippen molar-refractivity contribution in [1.29, 1.82) is 0 Å². The highest BCUT2D eigenvalue weighted by molar-refractivity contribution is 6.67. The molecular weight excluding hydrogens is 252 g/mol. The first-order valence-electron chi connectivity index (χ1n) is 5.51. The normalized spacial score (nSPS) is 9.06. The number of ether oxygens (including phenoxy) is 1. The molecule has 0 amide bonds. The lowest BCUT2D eigenvalue weighted by Gasteiger charge is -2.02. The minimum Gasteiger partial charge on any atom is -0.424 e. The molecule has 5 heteroatoms. The summed E-state index contributed by atoms with van der Waals surface area (Å²) in [5, 5.41) is -0.639. The minimum absolute atomic E-state index is 0.0951. The Balaban J connectivity index is 0.000000771. The van der Waals surface area contributed by atoms with Crippen LogP contribution in [0.15, 0.2) is 42.6 Å². The number of aromatic nitrogens is 2. The Kier molecular flexibility index (Phi) is 5.80. The number of nitrogens with zero attached hydrogens (tertiary/aromatic N) is 2. The molecule has 0 N–H and O–H groups in total. The Morgan fingerprint density at radius 2 is 1.83 bits per heavy atom. The van der Waals surface area contributed by atoms with E-state index in [9.17, 15) is 4.79 Å². The van der Waals surface area contributed by atoms with Crippen LogP contribution in [0.3, 0.4) is 0 Å². The molecule has 0 fully saturated rings. The van der Waals surface area contributed by atoms with Crippen molar-refractivity contribution in [1.82, 2.24) is 9.97 Å². The van der Waals surface area contributed by atoms with Gasteiger partial charge in [-0.1, -0.05) is 32.0 Å². The van der Waals surface area contributed by atoms with Gasteiger partial charge in [0.15, 0.2) is 0 Å². The monoisotopic (exact) mass is 264 g/mol. The largest absolute Gasteiger partial charge is 0.424 e. The fourth-order valence-electron chi connectivity index (χ4n) is 1.09. The van der Waals surface area contributed by atoms with Gasteiger partial charge in [-0.05, 0) is 29.8 Å². The van der Waals surface area contributed by atoms with Gasteiger partial charge in [-0.2, -0.15) is 4.98 Å². The van der Waals surface area contributed by atoms with Gasteiger partial charge in [0, 0.05) is 6.20 Å². The lowest BCUT2D eigenvalue weighted by atomic mass is 10.3. The van der Waals surface area contributed by atoms with Gasteiger partial charge >= 0.3 is 6.01 Å². The summed E-state index contributed by atoms with van der Waals surface area (Å²) in [5.74, 6) is 0.599. The van der Waals surface area contributed by atoms with Crippen LogP contribution in [0.1, 0.15) is 24.3 Å². The number of benzene rings is 1. The van der Waals surface area contributed by atoms with Gasteiger partial charge in [0.2, 0.25) is 0 Å². The van der Waals surface area contributed by atoms with Gasteiger partial charge in [-0.25, -0.2) is 4.98 Å². The van der Waals surface area contributed by atoms with Crippen molar-refractivity contribution in [2.45, 2.75) is 13.8 Å². The Morgan fingerprint density at radius 3 is 2.44 bits per heavy atom. The van der Waals surface area contributed by atoms with Gasteiger partial charge in [0.25, 0.3) is 5.24 Å². The standard InChI is InChI=1S/C11H7ClN2O2.C2H6/c12-10(15)9-6-7-13-11(14-9)16-8-4-2-1-3-5-8;1-2/h1-7H;1-2H3. The summed E-state index contributed by atoms with van der Waals surface area (Å²) >= 11 is 5.29. The molecular formula is C13H13ClN2O2. The number of carbonyl (C=O) groups excluding carboxylic acids is 1. The predicted molar refractivity (Wildman–Crippen MR) is 70.1 cm³/mol. The van der Waals surface area contributed by atoms with E-state index in [0.29, 0.717) is 5.75 Å². The van der Waals surface area contributed by atoms with E-state index in [-0.39, 0.29) is 11.7 Å². The third-order valence-corrected chi connectivity index (χ3v) is 1.98. The maximum Gasteiger partial charge on any atom is 0.322 e. The van der Waals surface area contributed by atoms with Gasteiger partial charge < -0.3 is 4.74 Å². The lowest BCUT2D eigenvalue weighted by Crippen LogP contribution is -1.98. The molecule has 0 spiro atoms. The van der Waals surface area contributed by atoms with Crippen molar-refractivity contribution in [3.63, 3.8) is 0 Å². The van der Waals surface area contributed by atoms with Crippen LogP contribution < -0.4 is 4.74 Å². The van der Waals surface area contributed by atoms with E-state index < -0.39 is 5.24 Å². The van der Waals surface area contributed by atoms with E-state index in [2.05, 4.69) is 9.97 Å². The van der Waals surface area contributed by atoms with Gasteiger partial charge in [0.05, 0.1) is 0 Å². The number of rotatable bonds is 3. The van der Waals surface area contributed by atoms with Crippen molar-refractivity contribution >= 4 is 16.8 Å². The highest BCUT2D eigenvalue weighted by Gasteiger charge is 2.06. The molecule has 1 aromatic carbocycles. The van der Waals surface area contributed by atoms with Crippen LogP contribution in [-0.4, -0.2) is 15.2 Å². The quantitative estimate of drug-likeness (QED) is 0.794. The van der Waals surface area contributed by atoms with E-state index in [0.717, 1.165) is 0 Å². The number of para-hydroxylation sites is 1. The SMILES string of the molecule is CC.O=C(Cl)c1ccnc(Oc2ccccc2)n1. The first-order valence-corrected chi connectivity index (χ1v) is 5.89. The summed E-state index contributed by atoms with van der Waals surface area (Å²) in [4.78, 5) is 18.6. The molecule has 0 radical (unpaired) electrons. The fraction of sp³-hybridized carbons (Fsp3) is 0.154. The van der Waals surface area contributed by atoms with Gasteiger partial charge in [-0.3, -0.25) is 4.79 Å². The third kappa shape index (κ3) is 4.14. The molecule has 0 aliphatic carbocycles. The van der Waals surface area contributed by atoms with Crippen molar-refractivity contribution < 1.29 is 9.53 Å².